The number of likely N-dealkylation sites (tertiary alicyclic amines) is 1. The molecule has 4 aliphatic rings. The third-order valence-corrected chi connectivity index (χ3v) is 9.53. The smallest absolute Gasteiger partial charge is 0.244 e. The van der Waals surface area contributed by atoms with Gasteiger partial charge < -0.3 is 20.7 Å². The maximum atomic E-state index is 13.8. The van der Waals surface area contributed by atoms with Gasteiger partial charge in [-0.25, -0.2) is 0 Å². The molecule has 2 fully saturated rings. The van der Waals surface area contributed by atoms with Crippen molar-refractivity contribution < 1.29 is 23.9 Å². The summed E-state index contributed by atoms with van der Waals surface area (Å²) in [5.74, 6) is -0.496. The molecule has 2 aromatic rings. The number of fused-ring (bicyclic) bond motifs is 2. The fourth-order valence-corrected chi connectivity index (χ4v) is 6.93. The molecule has 4 amide bonds. The van der Waals surface area contributed by atoms with Gasteiger partial charge in [-0.15, -0.1) is 0 Å². The summed E-state index contributed by atoms with van der Waals surface area (Å²) in [5, 5.41) is 9.27. The molecule has 3 N–H and O–H groups in total. The van der Waals surface area contributed by atoms with Gasteiger partial charge in [-0.1, -0.05) is 54.6 Å². The zero-order valence-electron chi connectivity index (χ0n) is 25.0. The Morgan fingerprint density at radius 1 is 0.955 bits per heavy atom. The minimum atomic E-state index is -0.696. The van der Waals surface area contributed by atoms with Crippen LogP contribution in [0.4, 0.5) is 11.4 Å². The number of carbonyl (C=O) groups is 4. The predicted octanol–water partition coefficient (Wildman–Crippen LogP) is 2.65. The van der Waals surface area contributed by atoms with Gasteiger partial charge in [0.05, 0.1) is 23.3 Å². The van der Waals surface area contributed by atoms with Gasteiger partial charge in [0.15, 0.2) is 0 Å². The van der Waals surface area contributed by atoms with E-state index in [1.54, 1.807) is 11.0 Å². The zero-order chi connectivity index (χ0) is 30.5. The van der Waals surface area contributed by atoms with Crippen molar-refractivity contribution in [2.24, 2.45) is 11.3 Å². The van der Waals surface area contributed by atoms with E-state index in [9.17, 15) is 19.2 Å². The molecule has 2 saturated heterocycles. The molecular formula is C34H41N5O5. The number of carbonyl (C=O) groups excluding carboxylic acids is 4. The average Bonchev–Trinajstić information content (AvgIpc) is 3.03. The lowest BCUT2D eigenvalue weighted by Crippen LogP contribution is -2.58. The molecule has 232 valence electrons. The number of anilines is 2. The van der Waals surface area contributed by atoms with Crippen LogP contribution in [0.2, 0.25) is 0 Å². The lowest BCUT2D eigenvalue weighted by atomic mass is 9.75. The van der Waals surface area contributed by atoms with Crippen LogP contribution in [0.3, 0.4) is 0 Å². The summed E-state index contributed by atoms with van der Waals surface area (Å²) < 4.78 is 5.60. The Hall–Kier alpha value is -4.02. The Balaban J connectivity index is 1.19. The monoisotopic (exact) mass is 599 g/mol. The number of hydrogen-bond acceptors (Lipinski definition) is 6. The number of nitrogens with zero attached hydrogens (tertiary/aromatic N) is 2. The molecule has 1 spiro atoms. The summed E-state index contributed by atoms with van der Waals surface area (Å²) in [6.07, 6.45) is 7.88. The molecule has 0 aliphatic carbocycles. The summed E-state index contributed by atoms with van der Waals surface area (Å²) in [6, 6.07) is 16.3. The maximum Gasteiger partial charge on any atom is 0.244 e. The van der Waals surface area contributed by atoms with E-state index < -0.39 is 11.5 Å². The fourth-order valence-electron chi connectivity index (χ4n) is 6.93. The van der Waals surface area contributed by atoms with Gasteiger partial charge in [-0.2, -0.15) is 0 Å². The van der Waals surface area contributed by atoms with E-state index in [4.69, 9.17) is 4.74 Å². The Bertz CT molecular complexity index is 1410. The minimum Gasteiger partial charge on any atom is -0.381 e. The van der Waals surface area contributed by atoms with Crippen LogP contribution in [0.15, 0.2) is 66.7 Å². The van der Waals surface area contributed by atoms with Crippen molar-refractivity contribution in [3.8, 4) is 0 Å². The standard InChI is InChI=1S/C34H41N5O5/c40-30-22-39(29-12-5-4-11-27(29)35-30)31(41)23-38-17-13-26-25(21-38)10-6-7-14-34(15-18-44-19-16-34)33(43)37-28(32(42)36-26)20-24-8-2-1-3-9-24/h1-9,11-12,25-26,28H,10,13-23H2,(H,35,40)(H,36,42)(H,37,43)/b7-6+/t25-,26+,28-/m0/s1. The number of amides is 4. The molecule has 0 unspecified atom stereocenters. The summed E-state index contributed by atoms with van der Waals surface area (Å²) in [6.45, 7) is 2.50. The van der Waals surface area contributed by atoms with Crippen molar-refractivity contribution in [2.45, 2.75) is 50.6 Å². The number of ether oxygens (including phenoxy) is 1. The lowest BCUT2D eigenvalue weighted by Gasteiger charge is -2.41. The second kappa shape index (κ2) is 13.3. The first-order valence-electron chi connectivity index (χ1n) is 15.7. The van der Waals surface area contributed by atoms with E-state index in [1.807, 2.05) is 48.5 Å². The van der Waals surface area contributed by atoms with Gasteiger partial charge in [0, 0.05) is 38.8 Å². The second-order valence-electron chi connectivity index (χ2n) is 12.5. The molecule has 10 heteroatoms. The third-order valence-electron chi connectivity index (χ3n) is 9.53. The van der Waals surface area contributed by atoms with E-state index in [0.717, 1.165) is 12.0 Å². The van der Waals surface area contributed by atoms with Crippen LogP contribution in [0, 0.1) is 11.3 Å². The Labute approximate surface area is 258 Å². The molecule has 44 heavy (non-hydrogen) atoms. The normalized spacial score (nSPS) is 26.6. The number of benzene rings is 2. The fraction of sp³-hybridized carbons (Fsp3) is 0.471. The first kappa shape index (κ1) is 30.0. The van der Waals surface area contributed by atoms with E-state index in [-0.39, 0.29) is 48.7 Å². The maximum absolute atomic E-state index is 13.8. The van der Waals surface area contributed by atoms with E-state index >= 15 is 0 Å². The molecule has 0 radical (unpaired) electrons. The topological polar surface area (TPSA) is 120 Å². The molecular weight excluding hydrogens is 558 g/mol. The van der Waals surface area contributed by atoms with Crippen LogP contribution < -0.4 is 20.9 Å². The van der Waals surface area contributed by atoms with Gasteiger partial charge >= 0.3 is 0 Å². The van der Waals surface area contributed by atoms with Crippen molar-refractivity contribution in [3.05, 3.63) is 72.3 Å². The highest BCUT2D eigenvalue weighted by molar-refractivity contribution is 6.10. The number of nitrogens with one attached hydrogen (secondary N) is 3. The zero-order valence-corrected chi connectivity index (χ0v) is 25.0. The van der Waals surface area contributed by atoms with Crippen molar-refractivity contribution in [3.63, 3.8) is 0 Å². The van der Waals surface area contributed by atoms with Crippen LogP contribution in [-0.2, 0) is 30.3 Å². The summed E-state index contributed by atoms with van der Waals surface area (Å²) in [4.78, 5) is 57.1. The molecule has 6 rings (SSSR count). The van der Waals surface area contributed by atoms with Crippen LogP contribution in [0.5, 0.6) is 0 Å². The largest absolute Gasteiger partial charge is 0.381 e. The van der Waals surface area contributed by atoms with Crippen molar-refractivity contribution >= 4 is 35.0 Å². The van der Waals surface area contributed by atoms with Crippen LogP contribution in [-0.4, -0.2) is 80.0 Å². The first-order chi connectivity index (χ1) is 21.4. The molecule has 10 nitrogen and oxygen atoms in total. The van der Waals surface area contributed by atoms with E-state index in [0.29, 0.717) is 69.8 Å². The van der Waals surface area contributed by atoms with Crippen LogP contribution in [0.1, 0.15) is 37.7 Å². The molecule has 2 aromatic carbocycles. The summed E-state index contributed by atoms with van der Waals surface area (Å²) in [5.41, 5.74) is 1.73. The third kappa shape index (κ3) is 6.71. The second-order valence-corrected chi connectivity index (χ2v) is 12.5. The van der Waals surface area contributed by atoms with Crippen LogP contribution in [0.25, 0.3) is 0 Å². The molecule has 0 saturated carbocycles. The Morgan fingerprint density at radius 3 is 2.55 bits per heavy atom. The summed E-state index contributed by atoms with van der Waals surface area (Å²) >= 11 is 0. The SMILES string of the molecule is O=C1CN(C(=O)CN2CC[C@H]3NC(=O)[C@H](Cc4ccccc4)NC(=O)C4(C/C=C/C[C@H]3C2)CCOCC4)c2ccccc2N1. The Morgan fingerprint density at radius 2 is 1.73 bits per heavy atom. The van der Waals surface area contributed by atoms with Crippen LogP contribution >= 0.6 is 0 Å². The van der Waals surface area contributed by atoms with E-state index in [2.05, 4.69) is 33.0 Å². The average molecular weight is 600 g/mol. The molecule has 4 aliphatic heterocycles. The van der Waals surface area contributed by atoms with E-state index in [1.165, 1.54) is 0 Å². The number of hydrogen-bond donors (Lipinski definition) is 3. The first-order valence-corrected chi connectivity index (χ1v) is 15.7. The van der Waals surface area contributed by atoms with Gasteiger partial charge in [0.1, 0.15) is 12.6 Å². The minimum absolute atomic E-state index is 0.00412. The molecule has 0 bridgehead atoms. The molecule has 4 heterocycles. The van der Waals surface area contributed by atoms with Gasteiger partial charge in [-0.3, -0.25) is 29.0 Å². The lowest BCUT2D eigenvalue weighted by molar-refractivity contribution is -0.140. The van der Waals surface area contributed by atoms with Crippen molar-refractivity contribution in [1.82, 2.24) is 15.5 Å². The Kier molecular flexibility index (Phi) is 9.09. The highest BCUT2D eigenvalue weighted by atomic mass is 16.5. The van der Waals surface area contributed by atoms with Gasteiger partial charge in [0.25, 0.3) is 0 Å². The number of rotatable bonds is 4. The highest BCUT2D eigenvalue weighted by Crippen LogP contribution is 2.36. The number of para-hydroxylation sites is 2. The molecule has 3 atom stereocenters. The number of piperidine rings is 1. The highest BCUT2D eigenvalue weighted by Gasteiger charge is 2.42. The number of allylic oxidation sites excluding steroid dienone is 2. The summed E-state index contributed by atoms with van der Waals surface area (Å²) in [7, 11) is 0. The van der Waals surface area contributed by atoms with Crippen molar-refractivity contribution in [1.29, 1.82) is 0 Å². The van der Waals surface area contributed by atoms with Gasteiger partial charge in [0.2, 0.25) is 23.6 Å². The molecule has 0 aromatic heterocycles. The predicted molar refractivity (Wildman–Crippen MR) is 167 cm³/mol. The quantitative estimate of drug-likeness (QED) is 0.465. The van der Waals surface area contributed by atoms with Crippen molar-refractivity contribution in [2.75, 3.05) is 49.6 Å². The van der Waals surface area contributed by atoms with Gasteiger partial charge in [-0.05, 0) is 55.7 Å².